The molecule has 0 aromatic carbocycles. The van der Waals surface area contributed by atoms with Gasteiger partial charge in [-0.25, -0.2) is 0 Å². The molecule has 0 spiro atoms. The van der Waals surface area contributed by atoms with Gasteiger partial charge in [0.1, 0.15) is 6.07 Å². The molecule has 6 heteroatoms. The Morgan fingerprint density at radius 3 is 2.38 bits per heavy atom. The first kappa shape index (κ1) is 28.0. The molecule has 1 aromatic heterocycles. The van der Waals surface area contributed by atoms with Gasteiger partial charge in [-0.15, -0.1) is 10.2 Å². The smallest absolute Gasteiger partial charge is 0.222 e. The minimum absolute atomic E-state index is 0.0504. The molecule has 4 aliphatic rings. The van der Waals surface area contributed by atoms with Crippen LogP contribution in [0.2, 0.25) is 0 Å². The predicted molar refractivity (Wildman–Crippen MR) is 149 cm³/mol. The molecular formula is C33H45N3O3. The predicted octanol–water partition coefficient (Wildman–Crippen LogP) is 7.32. The van der Waals surface area contributed by atoms with Crippen LogP contribution >= 0.6 is 0 Å². The zero-order valence-electron chi connectivity index (χ0n) is 25.1. The van der Waals surface area contributed by atoms with Gasteiger partial charge in [-0.3, -0.25) is 9.59 Å². The van der Waals surface area contributed by atoms with Gasteiger partial charge < -0.3 is 4.42 Å². The van der Waals surface area contributed by atoms with Gasteiger partial charge in [-0.1, -0.05) is 67.0 Å². The van der Waals surface area contributed by atoms with Gasteiger partial charge in [-0.2, -0.15) is 5.26 Å². The Labute approximate surface area is 233 Å². The summed E-state index contributed by atoms with van der Waals surface area (Å²) in [7, 11) is 0. The Hall–Kier alpha value is -2.55. The molecule has 0 N–H and O–H groups in total. The number of ketones is 2. The number of allylic oxidation sites excluding steroid dienone is 4. The van der Waals surface area contributed by atoms with Crippen molar-refractivity contribution >= 4 is 11.6 Å². The summed E-state index contributed by atoms with van der Waals surface area (Å²) < 4.78 is 5.91. The topological polar surface area (TPSA) is 96.8 Å². The number of hydrogen-bond acceptors (Lipinski definition) is 6. The van der Waals surface area contributed by atoms with Crippen molar-refractivity contribution in [1.29, 1.82) is 5.26 Å². The van der Waals surface area contributed by atoms with Crippen LogP contribution in [-0.2, 0) is 15.0 Å². The zero-order valence-corrected chi connectivity index (χ0v) is 25.1. The Bertz CT molecular complexity index is 1300. The number of rotatable bonds is 4. The summed E-state index contributed by atoms with van der Waals surface area (Å²) in [6.07, 6.45) is 12.5. The molecular weight excluding hydrogens is 486 g/mol. The van der Waals surface area contributed by atoms with Crippen molar-refractivity contribution in [2.45, 2.75) is 112 Å². The average Bonchev–Trinajstić information content (AvgIpc) is 3.38. The van der Waals surface area contributed by atoms with E-state index in [1.807, 2.05) is 26.0 Å². The Balaban J connectivity index is 1.55. The van der Waals surface area contributed by atoms with Gasteiger partial charge in [0.25, 0.3) is 0 Å². The maximum absolute atomic E-state index is 13.5. The molecule has 2 fully saturated rings. The normalized spacial score (nSPS) is 41.1. The Morgan fingerprint density at radius 2 is 1.77 bits per heavy atom. The van der Waals surface area contributed by atoms with Crippen LogP contribution in [0.25, 0.3) is 0 Å². The van der Waals surface area contributed by atoms with Crippen LogP contribution in [0.5, 0.6) is 0 Å². The van der Waals surface area contributed by atoms with Crippen LogP contribution < -0.4 is 0 Å². The summed E-state index contributed by atoms with van der Waals surface area (Å²) in [5.41, 5.74) is -0.247. The van der Waals surface area contributed by atoms with Gasteiger partial charge in [0.15, 0.2) is 11.6 Å². The van der Waals surface area contributed by atoms with Crippen molar-refractivity contribution in [2.75, 3.05) is 0 Å². The Morgan fingerprint density at radius 1 is 1.05 bits per heavy atom. The minimum atomic E-state index is -0.653. The number of hydrogen-bond donors (Lipinski definition) is 0. The molecule has 1 heterocycles. The molecule has 0 radical (unpaired) electrons. The molecule has 0 bridgehead atoms. The molecule has 0 amide bonds. The van der Waals surface area contributed by atoms with Gasteiger partial charge in [0.05, 0.1) is 11.0 Å². The van der Waals surface area contributed by atoms with E-state index in [0.717, 1.165) is 56.4 Å². The van der Waals surface area contributed by atoms with Gasteiger partial charge in [0.2, 0.25) is 12.3 Å². The number of fused-ring (bicyclic) bond motifs is 3. The van der Waals surface area contributed by atoms with Crippen molar-refractivity contribution in [3.8, 4) is 6.07 Å². The minimum Gasteiger partial charge on any atom is -0.427 e. The summed E-state index contributed by atoms with van der Waals surface area (Å²) in [4.78, 5) is 26.7. The third-order valence-electron chi connectivity index (χ3n) is 12.3. The molecule has 0 saturated heterocycles. The maximum Gasteiger partial charge on any atom is 0.222 e. The highest BCUT2D eigenvalue weighted by molar-refractivity contribution is 6.04. The molecule has 5 rings (SSSR count). The van der Waals surface area contributed by atoms with Crippen LogP contribution in [0.3, 0.4) is 0 Å². The highest BCUT2D eigenvalue weighted by atomic mass is 16.4. The van der Waals surface area contributed by atoms with E-state index in [2.05, 4.69) is 57.8 Å². The molecule has 210 valence electrons. The lowest BCUT2D eigenvalue weighted by molar-refractivity contribution is -0.133. The molecule has 4 aliphatic carbocycles. The maximum atomic E-state index is 13.5. The molecule has 1 aromatic rings. The number of carbonyl (C=O) groups excluding carboxylic acids is 2. The van der Waals surface area contributed by atoms with Crippen LogP contribution in [0.4, 0.5) is 0 Å². The van der Waals surface area contributed by atoms with E-state index in [0.29, 0.717) is 12.3 Å². The second-order valence-corrected chi connectivity index (χ2v) is 15.4. The van der Waals surface area contributed by atoms with E-state index >= 15 is 0 Å². The third kappa shape index (κ3) is 3.93. The molecule has 2 saturated carbocycles. The fourth-order valence-corrected chi connectivity index (χ4v) is 9.61. The zero-order chi connectivity index (χ0) is 28.6. The lowest BCUT2D eigenvalue weighted by atomic mass is 9.40. The van der Waals surface area contributed by atoms with E-state index in [4.69, 9.17) is 4.42 Å². The number of nitriles is 1. The lowest BCUT2D eigenvalue weighted by Crippen LogP contribution is -2.58. The standard InChI is InChI=1S/C33H45N3O3/c1-21-16-28(2,3)11-13-33(21,27-36-35-20-39-27)14-12-30(6)18-23(37)15-25-31(7)17-22(19-34)26(38)29(4,5)24(31)9-10-32(25,30)8/h15,17,20-21,24H,9-14,16,18H2,1-8H3/t21?,24-,30+,31-,32+,33-/m0/s1. The van der Waals surface area contributed by atoms with Crippen LogP contribution in [-0.4, -0.2) is 21.8 Å². The highest BCUT2D eigenvalue weighted by Crippen LogP contribution is 2.69. The summed E-state index contributed by atoms with van der Waals surface area (Å²) in [6, 6.07) is 2.18. The summed E-state index contributed by atoms with van der Waals surface area (Å²) in [6.45, 7) is 17.8. The van der Waals surface area contributed by atoms with E-state index in [1.165, 1.54) is 6.39 Å². The van der Waals surface area contributed by atoms with Crippen molar-refractivity contribution in [3.05, 3.63) is 35.6 Å². The van der Waals surface area contributed by atoms with E-state index in [1.54, 1.807) is 0 Å². The quantitative estimate of drug-likeness (QED) is 0.404. The highest BCUT2D eigenvalue weighted by Gasteiger charge is 2.63. The fraction of sp³-hybridized carbons (Fsp3) is 0.727. The Kier molecular flexibility index (Phi) is 6.26. The molecule has 1 unspecified atom stereocenters. The number of Topliss-reactive ketones (excluding diaryl/α,β-unsaturated/α-hetero) is 1. The first-order valence-electron chi connectivity index (χ1n) is 14.7. The molecule has 6 atom stereocenters. The van der Waals surface area contributed by atoms with Crippen LogP contribution in [0, 0.1) is 50.2 Å². The van der Waals surface area contributed by atoms with E-state index in [9.17, 15) is 14.9 Å². The van der Waals surface area contributed by atoms with Gasteiger partial charge in [-0.05, 0) is 79.1 Å². The van der Waals surface area contributed by atoms with Crippen molar-refractivity contribution in [3.63, 3.8) is 0 Å². The van der Waals surface area contributed by atoms with Crippen LogP contribution in [0.1, 0.15) is 113 Å². The van der Waals surface area contributed by atoms with Crippen molar-refractivity contribution < 1.29 is 14.0 Å². The fourth-order valence-electron chi connectivity index (χ4n) is 9.61. The monoisotopic (exact) mass is 531 g/mol. The first-order valence-corrected chi connectivity index (χ1v) is 14.7. The van der Waals surface area contributed by atoms with Gasteiger partial charge >= 0.3 is 0 Å². The first-order chi connectivity index (χ1) is 18.0. The molecule has 6 nitrogen and oxygen atoms in total. The SMILES string of the molecule is CC1CC(C)(C)CC[C@@]1(CC[C@]1(C)CC(=O)C=C2[C@@]3(C)C=C(C#N)C(=O)C(C)(C)[C@@H]3CC[C@]21C)c1nnco1. The summed E-state index contributed by atoms with van der Waals surface area (Å²) in [5.74, 6) is 1.25. The number of nitrogens with zero attached hydrogens (tertiary/aromatic N) is 3. The second kappa shape index (κ2) is 8.72. The van der Waals surface area contributed by atoms with Crippen molar-refractivity contribution in [1.82, 2.24) is 10.2 Å². The summed E-state index contributed by atoms with van der Waals surface area (Å²) in [5, 5.41) is 18.4. The lowest BCUT2D eigenvalue weighted by Gasteiger charge is -2.63. The summed E-state index contributed by atoms with van der Waals surface area (Å²) >= 11 is 0. The molecule has 39 heavy (non-hydrogen) atoms. The molecule has 0 aliphatic heterocycles. The van der Waals surface area contributed by atoms with Crippen LogP contribution in [0.15, 0.2) is 34.1 Å². The van der Waals surface area contributed by atoms with Gasteiger partial charge in [0, 0.05) is 17.3 Å². The van der Waals surface area contributed by atoms with E-state index < -0.39 is 10.8 Å². The second-order valence-electron chi connectivity index (χ2n) is 15.4. The van der Waals surface area contributed by atoms with E-state index in [-0.39, 0.29) is 44.7 Å². The third-order valence-corrected chi connectivity index (χ3v) is 12.3. The number of carbonyl (C=O) groups is 2. The largest absolute Gasteiger partial charge is 0.427 e. The average molecular weight is 532 g/mol. The number of aromatic nitrogens is 2. The van der Waals surface area contributed by atoms with Crippen molar-refractivity contribution in [2.24, 2.45) is 38.9 Å².